The quantitative estimate of drug-likeness (QED) is 0.103. The fourth-order valence-corrected chi connectivity index (χ4v) is 13.5. The van der Waals surface area contributed by atoms with E-state index >= 15 is 0 Å². The average Bonchev–Trinajstić information content (AvgIpc) is 1.31. The molecule has 26 rings (SSSR count). The van der Waals surface area contributed by atoms with Crippen molar-refractivity contribution in [3.63, 3.8) is 0 Å². The maximum Gasteiger partial charge on any atom is 0.417 e. The SMILES string of the molecule is C1=CC2C=COC2C=C1.CC.CC.CC.CC.CC.CC.CC.CC.CC.CC.CC.CC.CC.O=c1[nH]c2ccccc2o1.O=c1ccc2ccccc2o1.c1ccc2[nH]cnc2c1.c1ccc2[nH]ncc2c1.c1ccc2c(c1)CCC2.c1ccc2c(c1)CCO2.c1ccc2c(c1)CN=N2.c1ccc2c(c1)NCO2.c1ccc2c(c1)OCO2.c1ccc2ncccc2c1.c1ccc2ocnc2c1.c1ccc2scnc2c1. The predicted molar refractivity (Wildman–Crippen MR) is 627 cm³/mol. The van der Waals surface area contributed by atoms with Crippen LogP contribution in [0.25, 0.3) is 76.2 Å². The first kappa shape index (κ1) is 129. The van der Waals surface area contributed by atoms with E-state index < -0.39 is 5.76 Å². The zero-order valence-corrected chi connectivity index (χ0v) is 92.6. The highest BCUT2D eigenvalue weighted by atomic mass is 32.1. The number of ether oxygens (including phenoxy) is 5. The van der Waals surface area contributed by atoms with Gasteiger partial charge >= 0.3 is 11.4 Å². The molecule has 21 nitrogen and oxygen atoms in total. The van der Waals surface area contributed by atoms with E-state index in [9.17, 15) is 9.59 Å². The third-order valence-electron chi connectivity index (χ3n) is 18.9. The molecular formula is C125H163N11O10S. The van der Waals surface area contributed by atoms with E-state index in [1.54, 1.807) is 59.3 Å². The molecule has 5 aliphatic heterocycles. The standard InChI is InChI=1S/C9H7N.C9H6O2.C9H10.2C8H8O.3C7H6N2.C7H5NO2.C7H7NO.C7H5NO.C7H5NS.C7H6O2.13C2H6/c1-2-6-9-8(4-1)5-3-7-10-9;10-9-6-5-7-3-1-2-4-8(7)11-9;1-2-5-9-7-3-6-8(9)4-1;2*1-2-4-8-7(3-1)5-6-9-8;1-2-4-7-6(3-1)8-5-9-7;2*1-2-4-7-6(3-1)5-8-9-7;9-7-8-5-3-1-2-4-6(5)10-7;4*1-2-4-7-6(3-1)8-5-9-7;13*1-2/h1-7H;1-6H;1-2,4-5H,3,6-7H2;1-4H,5-6H2;1-8H;1-5H,(H,8,9);1-4H,5H2;1-5H,(H,8,9);1-4H,(H,8,9);1-4,8H,5H2;2*1-5H;1-4H,5H2;13*1-2H3. The molecular weight excluding hydrogens is 1850 g/mol. The first-order chi connectivity index (χ1) is 72.8. The van der Waals surface area contributed by atoms with Crippen LogP contribution in [0.1, 0.15) is 209 Å². The van der Waals surface area contributed by atoms with Crippen LogP contribution in [0.15, 0.2) is 416 Å². The van der Waals surface area contributed by atoms with Gasteiger partial charge in [-0.05, 0) is 163 Å². The van der Waals surface area contributed by atoms with Gasteiger partial charge in [0.25, 0.3) is 0 Å². The lowest BCUT2D eigenvalue weighted by atomic mass is 10.00. The maximum absolute atomic E-state index is 10.7. The summed E-state index contributed by atoms with van der Waals surface area (Å²) in [7, 11) is 0. The smallest absolute Gasteiger partial charge is 0.417 e. The second-order valence-corrected chi connectivity index (χ2v) is 27.9. The third kappa shape index (κ3) is 48.1. The summed E-state index contributed by atoms with van der Waals surface area (Å²) in [6, 6.07) is 102. The molecule has 19 aromatic rings. The Balaban J connectivity index is 0.000000781. The molecule has 0 spiro atoms. The van der Waals surface area contributed by atoms with Crippen molar-refractivity contribution in [3.8, 4) is 23.0 Å². The minimum atomic E-state index is -0.402. The number of aromatic nitrogens is 8. The minimum Gasteiger partial charge on any atom is -0.493 e. The van der Waals surface area contributed by atoms with Crippen molar-refractivity contribution in [3.05, 3.63) is 426 Å². The van der Waals surface area contributed by atoms with Crippen molar-refractivity contribution in [1.82, 2.24) is 40.1 Å². The number of benzene rings is 12. The lowest BCUT2D eigenvalue weighted by Crippen LogP contribution is -2.12. The lowest BCUT2D eigenvalue weighted by molar-refractivity contribution is 0.174. The topological polar surface area (TPSA) is 268 Å². The number of hydrogen-bond acceptors (Lipinski definition) is 19. The van der Waals surface area contributed by atoms with Crippen molar-refractivity contribution in [2.75, 3.05) is 25.4 Å². The van der Waals surface area contributed by atoms with E-state index in [2.05, 4.69) is 135 Å². The maximum atomic E-state index is 10.7. The second kappa shape index (κ2) is 86.0. The first-order valence-electron chi connectivity index (χ1n) is 52.3. The molecule has 0 radical (unpaired) electrons. The molecule has 0 saturated heterocycles. The number of pyridine rings is 1. The van der Waals surface area contributed by atoms with Gasteiger partial charge < -0.3 is 47.2 Å². The van der Waals surface area contributed by atoms with Crippen LogP contribution in [-0.4, -0.2) is 66.3 Å². The molecule has 0 saturated carbocycles. The summed E-state index contributed by atoms with van der Waals surface area (Å²) < 4.78 is 41.8. The molecule has 7 aromatic heterocycles. The lowest BCUT2D eigenvalue weighted by Gasteiger charge is -2.12. The summed E-state index contributed by atoms with van der Waals surface area (Å²) in [5.41, 5.74) is 18.5. The molecule has 0 bridgehead atoms. The van der Waals surface area contributed by atoms with Gasteiger partial charge in [0.05, 0.1) is 86.6 Å². The van der Waals surface area contributed by atoms with Gasteiger partial charge in [0.15, 0.2) is 35.8 Å². The fraction of sp³-hybridized carbons (Fsp3) is 0.288. The van der Waals surface area contributed by atoms with Crippen LogP contribution in [-0.2, 0) is 30.5 Å². The minimum absolute atomic E-state index is 0.287. The van der Waals surface area contributed by atoms with Crippen LogP contribution in [0, 0.1) is 5.92 Å². The zero-order chi connectivity index (χ0) is 109. The number of para-hydroxylation sites is 15. The number of aryl methyl sites for hydroxylation is 2. The van der Waals surface area contributed by atoms with E-state index in [-0.39, 0.29) is 11.7 Å². The van der Waals surface area contributed by atoms with Crippen LogP contribution in [0.4, 0.5) is 11.4 Å². The Bertz CT molecular complexity index is 5900. The fourth-order valence-electron chi connectivity index (χ4n) is 12.8. The second-order valence-electron chi connectivity index (χ2n) is 27.0. The van der Waals surface area contributed by atoms with Crippen LogP contribution in [0.3, 0.4) is 0 Å². The Labute approximate surface area is 879 Å². The summed E-state index contributed by atoms with van der Waals surface area (Å²) in [5.74, 6) is 3.81. The Hall–Kier alpha value is -15.6. The normalized spacial score (nSPS) is 11.8. The molecule has 784 valence electrons. The van der Waals surface area contributed by atoms with Crippen molar-refractivity contribution in [1.29, 1.82) is 0 Å². The number of anilines is 1. The molecule has 12 aromatic carbocycles. The zero-order valence-electron chi connectivity index (χ0n) is 91.8. The van der Waals surface area contributed by atoms with Crippen LogP contribution in [0.2, 0.25) is 0 Å². The van der Waals surface area contributed by atoms with Crippen molar-refractivity contribution in [2.45, 2.75) is 218 Å². The summed E-state index contributed by atoms with van der Waals surface area (Å²) in [6.07, 6.45) is 24.2. The first-order valence-corrected chi connectivity index (χ1v) is 53.1. The molecule has 12 heterocycles. The number of allylic oxidation sites excluding steroid dienone is 2. The van der Waals surface area contributed by atoms with E-state index in [1.807, 2.05) is 435 Å². The van der Waals surface area contributed by atoms with Gasteiger partial charge in [0.1, 0.15) is 28.7 Å². The average molecular weight is 2010 g/mol. The Morgan fingerprint density at radius 2 is 0.878 bits per heavy atom. The van der Waals surface area contributed by atoms with E-state index in [0.29, 0.717) is 30.6 Å². The van der Waals surface area contributed by atoms with Gasteiger partial charge in [-0.15, -0.1) is 11.3 Å². The van der Waals surface area contributed by atoms with Gasteiger partial charge in [0, 0.05) is 46.3 Å². The summed E-state index contributed by atoms with van der Waals surface area (Å²) >= 11 is 1.68. The molecule has 0 fully saturated rings. The van der Waals surface area contributed by atoms with E-state index in [4.69, 9.17) is 36.9 Å². The van der Waals surface area contributed by atoms with Crippen LogP contribution >= 0.6 is 11.3 Å². The highest BCUT2D eigenvalue weighted by Crippen LogP contribution is 2.32. The number of thiazole rings is 1. The number of imidazole rings is 1. The van der Waals surface area contributed by atoms with E-state index in [0.717, 1.165) is 109 Å². The number of aromatic amines is 3. The van der Waals surface area contributed by atoms with Gasteiger partial charge in [-0.25, -0.2) is 24.5 Å². The molecule has 147 heavy (non-hydrogen) atoms. The van der Waals surface area contributed by atoms with Crippen molar-refractivity contribution < 1.29 is 36.9 Å². The molecule has 2 aliphatic carbocycles. The monoisotopic (exact) mass is 2010 g/mol. The Morgan fingerprint density at radius 3 is 1.48 bits per heavy atom. The molecule has 7 aliphatic rings. The molecule has 2 atom stereocenters. The molecule has 22 heteroatoms. The number of hydrogen-bond donors (Lipinski definition) is 4. The number of fused-ring (bicyclic) bond motifs is 13. The van der Waals surface area contributed by atoms with Crippen molar-refractivity contribution in [2.24, 2.45) is 16.1 Å². The number of oxazole rings is 2. The predicted octanol–water partition coefficient (Wildman–Crippen LogP) is 36.3. The number of nitrogens with one attached hydrogen (secondary N) is 4. The molecule has 4 N–H and O–H groups in total. The molecule has 2 unspecified atom stereocenters. The van der Waals surface area contributed by atoms with E-state index in [1.165, 1.54) is 52.9 Å². The number of rotatable bonds is 0. The highest BCUT2D eigenvalue weighted by Gasteiger charge is 2.20. The van der Waals surface area contributed by atoms with Crippen molar-refractivity contribution >= 4 is 98.9 Å². The van der Waals surface area contributed by atoms with Gasteiger partial charge in [0.2, 0.25) is 6.79 Å². The number of azo groups is 1. The molecule has 0 amide bonds. The van der Waals surface area contributed by atoms with Crippen LogP contribution < -0.4 is 35.6 Å². The highest BCUT2D eigenvalue weighted by molar-refractivity contribution is 7.16. The van der Waals surface area contributed by atoms with Crippen LogP contribution in [0.5, 0.6) is 23.0 Å². The summed E-state index contributed by atoms with van der Waals surface area (Å²) in [4.78, 5) is 43.2. The third-order valence-corrected chi connectivity index (χ3v) is 19.7. The Morgan fingerprint density at radius 1 is 0.367 bits per heavy atom. The summed E-state index contributed by atoms with van der Waals surface area (Å²) in [5, 5.41) is 20.9. The number of H-pyrrole nitrogens is 3. The van der Waals surface area contributed by atoms with Gasteiger partial charge in [-0.2, -0.15) is 15.3 Å². The van der Waals surface area contributed by atoms with Gasteiger partial charge in [-0.3, -0.25) is 15.1 Å². The summed E-state index contributed by atoms with van der Waals surface area (Å²) in [6.45, 7) is 54.6. The Kier molecular flexibility index (Phi) is 75.7. The largest absolute Gasteiger partial charge is 0.493 e. The van der Waals surface area contributed by atoms with Gasteiger partial charge in [-0.1, -0.05) is 392 Å². The number of nitrogens with zero attached hydrogens (tertiary/aromatic N) is 7.